The molecule has 0 atom stereocenters. The number of carbonyl (C=O) groups excluding carboxylic acids is 3. The van der Waals surface area contributed by atoms with Crippen LogP contribution in [-0.4, -0.2) is 144 Å². The van der Waals surface area contributed by atoms with Crippen molar-refractivity contribution in [3.05, 3.63) is 21.8 Å². The van der Waals surface area contributed by atoms with Crippen LogP contribution < -0.4 is 10.6 Å². The molecule has 0 amide bonds. The number of nitrogens with one attached hydrogen (secondary N) is 2. The molecule has 0 aromatic carbocycles. The van der Waals surface area contributed by atoms with Crippen molar-refractivity contribution >= 4 is 17.7 Å². The molecule has 48 heavy (non-hydrogen) atoms. The van der Waals surface area contributed by atoms with Crippen LogP contribution in [0.5, 0.6) is 0 Å². The zero-order valence-corrected chi connectivity index (χ0v) is 30.5. The summed E-state index contributed by atoms with van der Waals surface area (Å²) in [6, 6.07) is 0. The van der Waals surface area contributed by atoms with Crippen molar-refractivity contribution in [1.82, 2.24) is 25.3 Å². The van der Waals surface area contributed by atoms with Gasteiger partial charge in [0.1, 0.15) is 5.78 Å². The first-order valence-electron chi connectivity index (χ1n) is 18.0. The van der Waals surface area contributed by atoms with E-state index in [1.807, 2.05) is 21.0 Å². The minimum Gasteiger partial charge on any atom is -0.466 e. The summed E-state index contributed by atoms with van der Waals surface area (Å²) in [6.07, 6.45) is 10.9. The van der Waals surface area contributed by atoms with E-state index in [9.17, 15) is 24.5 Å². The van der Waals surface area contributed by atoms with Crippen molar-refractivity contribution in [2.75, 3.05) is 106 Å². The van der Waals surface area contributed by atoms with Gasteiger partial charge >= 0.3 is 11.9 Å². The second kappa shape index (κ2) is 22.3. The molecule has 0 aromatic heterocycles. The lowest BCUT2D eigenvalue weighted by molar-refractivity contribution is -0.499. The third-order valence-electron chi connectivity index (χ3n) is 10.1. The highest BCUT2D eigenvalue weighted by Crippen LogP contribution is 2.35. The molecule has 13 nitrogen and oxygen atoms in total. The molecule has 5 heterocycles. The van der Waals surface area contributed by atoms with Gasteiger partial charge in [0.2, 0.25) is 6.54 Å². The van der Waals surface area contributed by atoms with E-state index in [4.69, 9.17) is 9.47 Å². The molecule has 13 heteroatoms. The number of Topliss-reactive ketones (excluding diaryl/α,β-unsaturated/α-hetero) is 1. The van der Waals surface area contributed by atoms with Gasteiger partial charge in [-0.2, -0.15) is 0 Å². The van der Waals surface area contributed by atoms with Crippen LogP contribution in [0.25, 0.3) is 0 Å². The lowest BCUT2D eigenvalue weighted by Crippen LogP contribution is -2.43. The van der Waals surface area contributed by atoms with Crippen LogP contribution in [0.2, 0.25) is 0 Å². The lowest BCUT2D eigenvalue weighted by atomic mass is 9.76. The molecule has 2 N–H and O–H groups in total. The largest absolute Gasteiger partial charge is 0.466 e. The van der Waals surface area contributed by atoms with Crippen LogP contribution in [0.1, 0.15) is 78.1 Å². The Bertz CT molecular complexity index is 997. The highest BCUT2D eigenvalue weighted by atomic mass is 16.6. The van der Waals surface area contributed by atoms with Gasteiger partial charge in [-0.3, -0.25) is 19.7 Å². The third-order valence-corrected chi connectivity index (χ3v) is 10.1. The van der Waals surface area contributed by atoms with E-state index < -0.39 is 5.41 Å². The summed E-state index contributed by atoms with van der Waals surface area (Å²) in [5, 5.41) is 17.6. The number of rotatable bonds is 7. The second-order valence-corrected chi connectivity index (χ2v) is 14.2. The summed E-state index contributed by atoms with van der Waals surface area (Å²) in [6.45, 7) is 14.8. The number of carbonyl (C=O) groups is 3. The fourth-order valence-electron chi connectivity index (χ4n) is 6.72. The van der Waals surface area contributed by atoms with E-state index in [-0.39, 0.29) is 29.8 Å². The summed E-state index contributed by atoms with van der Waals surface area (Å²) in [4.78, 5) is 50.2. The Morgan fingerprint density at radius 1 is 0.792 bits per heavy atom. The van der Waals surface area contributed by atoms with Gasteiger partial charge in [-0.1, -0.05) is 5.57 Å². The van der Waals surface area contributed by atoms with Gasteiger partial charge in [0.25, 0.3) is 0 Å². The molecule has 5 aliphatic rings. The average molecular weight is 681 g/mol. The van der Waals surface area contributed by atoms with Crippen LogP contribution >= 0.6 is 0 Å². The van der Waals surface area contributed by atoms with Crippen molar-refractivity contribution in [3.63, 3.8) is 0 Å². The summed E-state index contributed by atoms with van der Waals surface area (Å²) in [5.41, 5.74) is 1.41. The molecule has 0 radical (unpaired) electrons. The SMILES string of the molecule is C1CC2(CCN1)CCNC2.CCOC(=O)C=C1CCN(C)CC1.CCOC(=O)CC1(C[N+](=O)[O-])CCN(C)CC1.CN1CCC(=O)CC1. The van der Waals surface area contributed by atoms with Crippen molar-refractivity contribution in [2.45, 2.75) is 78.1 Å². The van der Waals surface area contributed by atoms with Gasteiger partial charge in [-0.15, -0.1) is 0 Å². The fraction of sp³-hybridized carbons (Fsp3) is 0.857. The van der Waals surface area contributed by atoms with Crippen molar-refractivity contribution in [2.24, 2.45) is 10.8 Å². The van der Waals surface area contributed by atoms with E-state index in [0.717, 1.165) is 65.0 Å². The first-order chi connectivity index (χ1) is 22.9. The van der Waals surface area contributed by atoms with Crippen LogP contribution in [0.3, 0.4) is 0 Å². The van der Waals surface area contributed by atoms with Gasteiger partial charge in [0, 0.05) is 62.0 Å². The van der Waals surface area contributed by atoms with E-state index in [1.165, 1.54) is 51.0 Å². The smallest absolute Gasteiger partial charge is 0.330 e. The Morgan fingerprint density at radius 3 is 1.77 bits per heavy atom. The number of nitro groups is 1. The van der Waals surface area contributed by atoms with Crippen LogP contribution in [0.4, 0.5) is 0 Å². The zero-order chi connectivity index (χ0) is 35.4. The molecule has 276 valence electrons. The van der Waals surface area contributed by atoms with Gasteiger partial charge in [0.05, 0.1) is 19.6 Å². The zero-order valence-electron chi connectivity index (χ0n) is 30.5. The van der Waals surface area contributed by atoms with Gasteiger partial charge < -0.3 is 34.8 Å². The van der Waals surface area contributed by atoms with E-state index in [1.54, 1.807) is 13.0 Å². The number of ether oxygens (including phenoxy) is 2. The number of likely N-dealkylation sites (tertiary alicyclic amines) is 3. The predicted octanol–water partition coefficient (Wildman–Crippen LogP) is 2.76. The number of piperidine rings is 4. The Morgan fingerprint density at radius 2 is 1.29 bits per heavy atom. The van der Waals surface area contributed by atoms with Gasteiger partial charge in [-0.05, 0) is 118 Å². The molecular weight excluding hydrogens is 616 g/mol. The maximum atomic E-state index is 11.5. The summed E-state index contributed by atoms with van der Waals surface area (Å²) in [5.74, 6) is -0.0935. The minimum absolute atomic E-state index is 0.139. The molecule has 5 rings (SSSR count). The molecule has 0 aromatic rings. The molecule has 5 fully saturated rings. The van der Waals surface area contributed by atoms with Crippen molar-refractivity contribution in [3.8, 4) is 0 Å². The number of esters is 2. The van der Waals surface area contributed by atoms with E-state index >= 15 is 0 Å². The standard InChI is InChI=1S/C11H20N2O4.C10H17NO2.C8H16N2.C6H11NO/c1-3-17-10(14)8-11(9-13(15)16)4-6-12(2)7-5-11;1-3-13-10(12)8-9-4-6-11(2)7-5-9;1-4-9-5-2-8(1)3-6-10-7-8;1-7-4-2-6(8)3-5-7/h3-9H2,1-2H3;8H,3-7H2,1-2H3;9-10H,1-7H2;2-5H2,1H3. The van der Waals surface area contributed by atoms with E-state index in [0.29, 0.717) is 37.3 Å². The van der Waals surface area contributed by atoms with Crippen molar-refractivity contribution < 1.29 is 28.8 Å². The number of hydrogen-bond acceptors (Lipinski definition) is 12. The quantitative estimate of drug-likeness (QED) is 0.176. The summed E-state index contributed by atoms with van der Waals surface area (Å²) < 4.78 is 9.75. The number of ketones is 1. The van der Waals surface area contributed by atoms with Crippen LogP contribution in [-0.2, 0) is 23.9 Å². The molecule has 0 unspecified atom stereocenters. The highest BCUT2D eigenvalue weighted by Gasteiger charge is 2.41. The Kier molecular flexibility index (Phi) is 19.4. The second-order valence-electron chi connectivity index (χ2n) is 14.2. The maximum absolute atomic E-state index is 11.5. The Balaban J connectivity index is 0.000000230. The highest BCUT2D eigenvalue weighted by molar-refractivity contribution is 5.82. The number of hydrogen-bond donors (Lipinski definition) is 2. The lowest BCUT2D eigenvalue weighted by Gasteiger charge is -2.37. The number of nitrogens with zero attached hydrogens (tertiary/aromatic N) is 4. The molecule has 5 aliphatic heterocycles. The van der Waals surface area contributed by atoms with E-state index in [2.05, 4.69) is 32.4 Å². The Labute approximate surface area is 288 Å². The predicted molar refractivity (Wildman–Crippen MR) is 187 cm³/mol. The van der Waals surface area contributed by atoms with Gasteiger partial charge in [0.15, 0.2) is 0 Å². The van der Waals surface area contributed by atoms with Crippen LogP contribution in [0.15, 0.2) is 11.6 Å². The monoisotopic (exact) mass is 680 g/mol. The van der Waals surface area contributed by atoms with Crippen molar-refractivity contribution in [1.29, 1.82) is 0 Å². The molecule has 0 bridgehead atoms. The molecule has 0 saturated carbocycles. The fourth-order valence-corrected chi connectivity index (χ4v) is 6.72. The molecule has 0 aliphatic carbocycles. The molecular formula is C35H64N6O7. The van der Waals surface area contributed by atoms with Crippen LogP contribution in [0, 0.1) is 20.9 Å². The third kappa shape index (κ3) is 16.8. The Hall–Kier alpha value is -2.45. The topological polar surface area (TPSA) is 147 Å². The van der Waals surface area contributed by atoms with Gasteiger partial charge in [-0.25, -0.2) is 4.79 Å². The average Bonchev–Trinajstić information content (AvgIpc) is 3.50. The first-order valence-corrected chi connectivity index (χ1v) is 18.0. The summed E-state index contributed by atoms with van der Waals surface area (Å²) >= 11 is 0. The molecule has 1 spiro atoms. The minimum atomic E-state index is -0.512. The molecule has 5 saturated heterocycles. The normalized spacial score (nSPS) is 22.5. The summed E-state index contributed by atoms with van der Waals surface area (Å²) in [7, 11) is 6.13. The maximum Gasteiger partial charge on any atom is 0.330 e. The first kappa shape index (κ1) is 41.7.